The number of nitrogens with one attached hydrogen (secondary N) is 1. The van der Waals surface area contributed by atoms with Gasteiger partial charge in [-0.3, -0.25) is 4.90 Å². The molecule has 2 aromatic carbocycles. The number of anilines is 1. The van der Waals surface area contributed by atoms with Crippen LogP contribution in [0.2, 0.25) is 10.0 Å². The van der Waals surface area contributed by atoms with E-state index in [2.05, 4.69) is 10.2 Å². The first-order chi connectivity index (χ1) is 12.5. The molecular formula is C19H20Cl2FN3O. The molecule has 2 amide bonds. The number of carbonyl (C=O) groups excluding carboxylic acids is 1. The lowest BCUT2D eigenvalue weighted by Gasteiger charge is -2.34. The van der Waals surface area contributed by atoms with Gasteiger partial charge in [-0.25, -0.2) is 9.18 Å². The van der Waals surface area contributed by atoms with Crippen molar-refractivity contribution < 1.29 is 9.18 Å². The van der Waals surface area contributed by atoms with Gasteiger partial charge in [0.2, 0.25) is 0 Å². The number of hydrogen-bond acceptors (Lipinski definition) is 2. The molecule has 1 fully saturated rings. The van der Waals surface area contributed by atoms with Crippen molar-refractivity contribution in [3.63, 3.8) is 0 Å². The first-order valence-electron chi connectivity index (χ1n) is 8.49. The number of amides is 2. The normalized spacial score (nSPS) is 15.1. The van der Waals surface area contributed by atoms with Gasteiger partial charge >= 0.3 is 6.03 Å². The second kappa shape index (κ2) is 8.71. The third kappa shape index (κ3) is 5.10. The lowest BCUT2D eigenvalue weighted by molar-refractivity contribution is 0.148. The third-order valence-corrected chi connectivity index (χ3v) is 5.01. The van der Waals surface area contributed by atoms with E-state index < -0.39 is 0 Å². The lowest BCUT2D eigenvalue weighted by atomic mass is 10.1. The van der Waals surface area contributed by atoms with Crippen molar-refractivity contribution >= 4 is 34.9 Å². The minimum Gasteiger partial charge on any atom is -0.322 e. The van der Waals surface area contributed by atoms with Crippen LogP contribution in [0.4, 0.5) is 14.9 Å². The third-order valence-electron chi connectivity index (χ3n) is 4.46. The zero-order valence-corrected chi connectivity index (χ0v) is 15.7. The Morgan fingerprint density at radius 2 is 1.73 bits per heavy atom. The molecule has 0 unspecified atom stereocenters. The molecule has 0 atom stereocenters. The summed E-state index contributed by atoms with van der Waals surface area (Å²) in [5.41, 5.74) is 1.67. The average molecular weight is 396 g/mol. The number of urea groups is 1. The Morgan fingerprint density at radius 1 is 1.04 bits per heavy atom. The van der Waals surface area contributed by atoms with Crippen LogP contribution in [0.15, 0.2) is 42.5 Å². The van der Waals surface area contributed by atoms with Crippen LogP contribution in [-0.4, -0.2) is 48.6 Å². The molecule has 0 bridgehead atoms. The molecule has 4 nitrogen and oxygen atoms in total. The number of halogens is 3. The van der Waals surface area contributed by atoms with Gasteiger partial charge in [-0.1, -0.05) is 35.3 Å². The minimum absolute atomic E-state index is 0.160. The Morgan fingerprint density at radius 3 is 2.38 bits per heavy atom. The van der Waals surface area contributed by atoms with Crippen LogP contribution in [-0.2, 0) is 6.42 Å². The molecule has 0 saturated carbocycles. The molecule has 0 spiro atoms. The first-order valence-corrected chi connectivity index (χ1v) is 9.24. The summed E-state index contributed by atoms with van der Waals surface area (Å²) in [5, 5.41) is 3.78. The van der Waals surface area contributed by atoms with E-state index in [1.54, 1.807) is 23.1 Å². The smallest absolute Gasteiger partial charge is 0.321 e. The largest absolute Gasteiger partial charge is 0.322 e. The van der Waals surface area contributed by atoms with Crippen LogP contribution in [0, 0.1) is 5.82 Å². The Balaban J connectivity index is 1.45. The monoisotopic (exact) mass is 395 g/mol. The van der Waals surface area contributed by atoms with Crippen LogP contribution in [0.1, 0.15) is 5.56 Å². The van der Waals surface area contributed by atoms with Crippen molar-refractivity contribution in [2.24, 2.45) is 0 Å². The summed E-state index contributed by atoms with van der Waals surface area (Å²) in [7, 11) is 0. The van der Waals surface area contributed by atoms with Gasteiger partial charge in [0.25, 0.3) is 0 Å². The zero-order valence-electron chi connectivity index (χ0n) is 14.2. The SMILES string of the molecule is O=C(Nc1ccc(Cl)cc1Cl)N1CCN(CCc2ccc(F)cc2)CC1. The van der Waals surface area contributed by atoms with Crippen LogP contribution in [0.3, 0.4) is 0 Å². The van der Waals surface area contributed by atoms with Crippen molar-refractivity contribution in [1.82, 2.24) is 9.80 Å². The van der Waals surface area contributed by atoms with Crippen molar-refractivity contribution in [1.29, 1.82) is 0 Å². The molecule has 3 rings (SSSR count). The Hall–Kier alpha value is -1.82. The van der Waals surface area contributed by atoms with E-state index in [0.717, 1.165) is 31.6 Å². The van der Waals surface area contributed by atoms with E-state index in [-0.39, 0.29) is 11.8 Å². The maximum Gasteiger partial charge on any atom is 0.321 e. The van der Waals surface area contributed by atoms with Gasteiger partial charge in [-0.05, 0) is 42.3 Å². The van der Waals surface area contributed by atoms with Crippen LogP contribution in [0.5, 0.6) is 0 Å². The molecule has 1 saturated heterocycles. The maximum atomic E-state index is 12.9. The molecule has 138 valence electrons. The fraction of sp³-hybridized carbons (Fsp3) is 0.316. The van der Waals surface area contributed by atoms with Gasteiger partial charge < -0.3 is 10.2 Å². The number of rotatable bonds is 4. The van der Waals surface area contributed by atoms with Crippen LogP contribution >= 0.6 is 23.2 Å². The topological polar surface area (TPSA) is 35.6 Å². The lowest BCUT2D eigenvalue weighted by Crippen LogP contribution is -2.50. The summed E-state index contributed by atoms with van der Waals surface area (Å²) in [6, 6.07) is 11.4. The van der Waals surface area contributed by atoms with Crippen LogP contribution < -0.4 is 5.32 Å². The second-order valence-electron chi connectivity index (χ2n) is 6.26. The van der Waals surface area contributed by atoms with Gasteiger partial charge in [-0.2, -0.15) is 0 Å². The summed E-state index contributed by atoms with van der Waals surface area (Å²) in [5.74, 6) is -0.214. The number of hydrogen-bond donors (Lipinski definition) is 1. The molecule has 1 heterocycles. The molecule has 2 aromatic rings. The summed E-state index contributed by atoms with van der Waals surface area (Å²) in [4.78, 5) is 16.5. The van der Waals surface area contributed by atoms with E-state index in [9.17, 15) is 9.18 Å². The van der Waals surface area contributed by atoms with Crippen molar-refractivity contribution in [2.45, 2.75) is 6.42 Å². The highest BCUT2D eigenvalue weighted by Gasteiger charge is 2.21. The van der Waals surface area contributed by atoms with Gasteiger partial charge in [0.15, 0.2) is 0 Å². The Kier molecular flexibility index (Phi) is 6.35. The summed E-state index contributed by atoms with van der Waals surface area (Å²) in [6.45, 7) is 3.82. The van der Waals surface area contributed by atoms with Gasteiger partial charge in [-0.15, -0.1) is 0 Å². The fourth-order valence-electron chi connectivity index (χ4n) is 2.90. The summed E-state index contributed by atoms with van der Waals surface area (Å²) in [6.07, 6.45) is 0.868. The highest BCUT2D eigenvalue weighted by molar-refractivity contribution is 6.36. The Bertz CT molecular complexity index is 762. The Labute approximate surface area is 162 Å². The molecule has 0 aromatic heterocycles. The molecule has 1 aliphatic heterocycles. The van der Waals surface area contributed by atoms with E-state index in [1.165, 1.54) is 12.1 Å². The number of nitrogens with zero attached hydrogens (tertiary/aromatic N) is 2. The predicted molar refractivity (Wildman–Crippen MR) is 104 cm³/mol. The standard InChI is InChI=1S/C19H20Cl2FN3O/c20-15-3-6-18(17(21)13-15)23-19(26)25-11-9-24(10-12-25)8-7-14-1-4-16(22)5-2-14/h1-6,13H,7-12H2,(H,23,26). The van der Waals surface area contributed by atoms with Crippen molar-refractivity contribution in [3.05, 3.63) is 63.9 Å². The van der Waals surface area contributed by atoms with E-state index in [4.69, 9.17) is 23.2 Å². The highest BCUT2D eigenvalue weighted by atomic mass is 35.5. The van der Waals surface area contributed by atoms with Gasteiger partial charge in [0.1, 0.15) is 5.82 Å². The molecule has 0 radical (unpaired) electrons. The summed E-state index contributed by atoms with van der Waals surface area (Å²) < 4.78 is 12.9. The van der Waals surface area contributed by atoms with E-state index >= 15 is 0 Å². The second-order valence-corrected chi connectivity index (χ2v) is 7.10. The quantitative estimate of drug-likeness (QED) is 0.825. The number of benzene rings is 2. The molecular weight excluding hydrogens is 376 g/mol. The zero-order chi connectivity index (χ0) is 18.5. The van der Waals surface area contributed by atoms with Crippen molar-refractivity contribution in [2.75, 3.05) is 38.0 Å². The first kappa shape index (κ1) is 19.0. The fourth-order valence-corrected chi connectivity index (χ4v) is 3.35. The predicted octanol–water partition coefficient (Wildman–Crippen LogP) is 4.52. The summed E-state index contributed by atoms with van der Waals surface area (Å²) >= 11 is 12.0. The molecule has 0 aliphatic carbocycles. The number of carbonyl (C=O) groups is 1. The molecule has 7 heteroatoms. The van der Waals surface area contributed by atoms with E-state index in [1.807, 2.05) is 12.1 Å². The van der Waals surface area contributed by atoms with E-state index in [0.29, 0.717) is 28.8 Å². The average Bonchev–Trinajstić information content (AvgIpc) is 2.64. The van der Waals surface area contributed by atoms with Gasteiger partial charge in [0, 0.05) is 37.7 Å². The van der Waals surface area contributed by atoms with Crippen LogP contribution in [0.25, 0.3) is 0 Å². The number of piperazine rings is 1. The highest BCUT2D eigenvalue weighted by Crippen LogP contribution is 2.25. The van der Waals surface area contributed by atoms with Gasteiger partial charge in [0.05, 0.1) is 10.7 Å². The molecule has 1 N–H and O–H groups in total. The van der Waals surface area contributed by atoms with Crippen molar-refractivity contribution in [3.8, 4) is 0 Å². The maximum absolute atomic E-state index is 12.9. The molecule has 26 heavy (non-hydrogen) atoms. The molecule has 1 aliphatic rings. The minimum atomic E-state index is -0.214.